The Morgan fingerprint density at radius 3 is 2.60 bits per heavy atom. The van der Waals surface area contributed by atoms with Crippen LogP contribution in [0.1, 0.15) is 40.0 Å². The van der Waals surface area contributed by atoms with Crippen LogP contribution in [0.2, 0.25) is 0 Å². The van der Waals surface area contributed by atoms with Gasteiger partial charge in [-0.05, 0) is 32.1 Å². The number of rotatable bonds is 6. The summed E-state index contributed by atoms with van der Waals surface area (Å²) in [5, 5.41) is 3.48. The SMILES string of the molecule is CCOC(=O)CN(CC(C)C)C(=O)C1CC2CCC1N2. The molecule has 0 aromatic heterocycles. The number of hydrogen-bond acceptors (Lipinski definition) is 4. The van der Waals surface area contributed by atoms with Crippen molar-refractivity contribution in [2.75, 3.05) is 19.7 Å². The van der Waals surface area contributed by atoms with E-state index in [2.05, 4.69) is 19.2 Å². The Balaban J connectivity index is 1.98. The van der Waals surface area contributed by atoms with E-state index in [4.69, 9.17) is 4.74 Å². The van der Waals surface area contributed by atoms with Gasteiger partial charge in [-0.25, -0.2) is 0 Å². The molecule has 2 aliphatic heterocycles. The van der Waals surface area contributed by atoms with E-state index in [9.17, 15) is 9.59 Å². The standard InChI is InChI=1S/C15H26N2O3/c1-4-20-14(18)9-17(8-10(2)3)15(19)12-7-11-5-6-13(12)16-11/h10-13,16H,4-9H2,1-3H3. The Morgan fingerprint density at radius 2 is 2.10 bits per heavy atom. The van der Waals surface area contributed by atoms with Crippen molar-refractivity contribution >= 4 is 11.9 Å². The molecule has 2 rings (SSSR count). The van der Waals surface area contributed by atoms with Gasteiger partial charge in [0.2, 0.25) is 5.91 Å². The van der Waals surface area contributed by atoms with Crippen molar-refractivity contribution in [2.24, 2.45) is 11.8 Å². The van der Waals surface area contributed by atoms with Crippen LogP contribution in [-0.4, -0.2) is 48.6 Å². The maximum Gasteiger partial charge on any atom is 0.325 e. The third-order valence-corrected chi connectivity index (χ3v) is 4.14. The number of nitrogens with one attached hydrogen (secondary N) is 1. The smallest absolute Gasteiger partial charge is 0.325 e. The molecule has 2 aliphatic rings. The van der Waals surface area contributed by atoms with Gasteiger partial charge in [0.05, 0.1) is 12.5 Å². The second-order valence-electron chi connectivity index (χ2n) is 6.31. The van der Waals surface area contributed by atoms with Gasteiger partial charge in [0.1, 0.15) is 6.54 Å². The highest BCUT2D eigenvalue weighted by atomic mass is 16.5. The van der Waals surface area contributed by atoms with Crippen molar-refractivity contribution in [1.82, 2.24) is 10.2 Å². The van der Waals surface area contributed by atoms with Crippen LogP contribution in [0, 0.1) is 11.8 Å². The molecule has 0 aromatic rings. The molecule has 1 N–H and O–H groups in total. The van der Waals surface area contributed by atoms with Gasteiger partial charge in [0.15, 0.2) is 0 Å². The number of amides is 1. The van der Waals surface area contributed by atoms with E-state index in [0.29, 0.717) is 31.2 Å². The fourth-order valence-electron chi connectivity index (χ4n) is 3.37. The third-order valence-electron chi connectivity index (χ3n) is 4.14. The van der Waals surface area contributed by atoms with Crippen LogP contribution < -0.4 is 5.32 Å². The number of carbonyl (C=O) groups excluding carboxylic acids is 2. The van der Waals surface area contributed by atoms with Crippen LogP contribution in [-0.2, 0) is 14.3 Å². The van der Waals surface area contributed by atoms with E-state index < -0.39 is 0 Å². The average Bonchev–Trinajstić information content (AvgIpc) is 2.99. The molecule has 0 spiro atoms. The molecule has 2 fully saturated rings. The molecule has 1 amide bonds. The maximum absolute atomic E-state index is 12.7. The molecular formula is C15H26N2O3. The lowest BCUT2D eigenvalue weighted by Gasteiger charge is -2.29. The molecule has 20 heavy (non-hydrogen) atoms. The Kier molecular flexibility index (Phi) is 5.02. The van der Waals surface area contributed by atoms with E-state index in [-0.39, 0.29) is 24.3 Å². The van der Waals surface area contributed by atoms with Crippen LogP contribution in [0.15, 0.2) is 0 Å². The minimum absolute atomic E-state index is 0.0435. The van der Waals surface area contributed by atoms with Gasteiger partial charge in [-0.15, -0.1) is 0 Å². The quantitative estimate of drug-likeness (QED) is 0.743. The summed E-state index contributed by atoms with van der Waals surface area (Å²) in [6, 6.07) is 0.807. The molecule has 5 nitrogen and oxygen atoms in total. The molecular weight excluding hydrogens is 256 g/mol. The highest BCUT2D eigenvalue weighted by Gasteiger charge is 2.44. The van der Waals surface area contributed by atoms with E-state index in [1.807, 2.05) is 0 Å². The van der Waals surface area contributed by atoms with Gasteiger partial charge in [0, 0.05) is 18.6 Å². The highest BCUT2D eigenvalue weighted by molar-refractivity contribution is 5.84. The summed E-state index contributed by atoms with van der Waals surface area (Å²) in [7, 11) is 0. The summed E-state index contributed by atoms with van der Waals surface area (Å²) in [6.07, 6.45) is 3.17. The van der Waals surface area contributed by atoms with Crippen molar-refractivity contribution in [3.8, 4) is 0 Å². The molecule has 2 saturated heterocycles. The van der Waals surface area contributed by atoms with Crippen LogP contribution in [0.5, 0.6) is 0 Å². The first-order valence-corrected chi connectivity index (χ1v) is 7.71. The van der Waals surface area contributed by atoms with Crippen molar-refractivity contribution < 1.29 is 14.3 Å². The number of ether oxygens (including phenoxy) is 1. The van der Waals surface area contributed by atoms with Gasteiger partial charge in [-0.3, -0.25) is 9.59 Å². The lowest BCUT2D eigenvalue weighted by atomic mass is 9.88. The summed E-state index contributed by atoms with van der Waals surface area (Å²) in [5.41, 5.74) is 0. The van der Waals surface area contributed by atoms with Gasteiger partial charge in [-0.2, -0.15) is 0 Å². The van der Waals surface area contributed by atoms with Gasteiger partial charge < -0.3 is 15.0 Å². The minimum Gasteiger partial charge on any atom is -0.465 e. The Hall–Kier alpha value is -1.10. The fraction of sp³-hybridized carbons (Fsp3) is 0.867. The van der Waals surface area contributed by atoms with Crippen molar-refractivity contribution in [1.29, 1.82) is 0 Å². The monoisotopic (exact) mass is 282 g/mol. The largest absolute Gasteiger partial charge is 0.465 e. The Labute approximate surface area is 121 Å². The molecule has 5 heteroatoms. The van der Waals surface area contributed by atoms with E-state index >= 15 is 0 Å². The van der Waals surface area contributed by atoms with E-state index in [0.717, 1.165) is 12.8 Å². The third kappa shape index (κ3) is 3.51. The second-order valence-corrected chi connectivity index (χ2v) is 6.31. The minimum atomic E-state index is -0.308. The lowest BCUT2D eigenvalue weighted by molar-refractivity contribution is -0.150. The molecule has 2 heterocycles. The number of nitrogens with zero attached hydrogens (tertiary/aromatic N) is 1. The van der Waals surface area contributed by atoms with Gasteiger partial charge in [0.25, 0.3) is 0 Å². The zero-order chi connectivity index (χ0) is 14.7. The van der Waals surface area contributed by atoms with Crippen LogP contribution in [0.4, 0.5) is 0 Å². The summed E-state index contributed by atoms with van der Waals surface area (Å²) < 4.78 is 4.98. The van der Waals surface area contributed by atoms with Crippen molar-refractivity contribution in [3.05, 3.63) is 0 Å². The Bertz CT molecular complexity index is 370. The predicted octanol–water partition coefficient (Wildman–Crippen LogP) is 1.17. The van der Waals surface area contributed by atoms with E-state index in [1.54, 1.807) is 11.8 Å². The number of carbonyl (C=O) groups is 2. The molecule has 2 bridgehead atoms. The van der Waals surface area contributed by atoms with E-state index in [1.165, 1.54) is 6.42 Å². The van der Waals surface area contributed by atoms with Gasteiger partial charge >= 0.3 is 5.97 Å². The fourth-order valence-corrected chi connectivity index (χ4v) is 3.37. The topological polar surface area (TPSA) is 58.6 Å². The predicted molar refractivity (Wildman–Crippen MR) is 76.1 cm³/mol. The zero-order valence-electron chi connectivity index (χ0n) is 12.7. The first-order valence-electron chi connectivity index (χ1n) is 7.71. The molecule has 114 valence electrons. The molecule has 0 radical (unpaired) electrons. The first kappa shape index (κ1) is 15.3. The summed E-state index contributed by atoms with van der Waals surface area (Å²) in [5.74, 6) is 0.200. The maximum atomic E-state index is 12.7. The summed E-state index contributed by atoms with van der Waals surface area (Å²) in [6.45, 7) is 6.96. The highest BCUT2D eigenvalue weighted by Crippen LogP contribution is 2.34. The second kappa shape index (κ2) is 6.57. The zero-order valence-corrected chi connectivity index (χ0v) is 12.7. The summed E-state index contributed by atoms with van der Waals surface area (Å²) in [4.78, 5) is 26.1. The molecule has 0 aromatic carbocycles. The molecule has 3 unspecified atom stereocenters. The van der Waals surface area contributed by atoms with Crippen LogP contribution in [0.3, 0.4) is 0 Å². The molecule has 0 aliphatic carbocycles. The first-order chi connectivity index (χ1) is 9.51. The van der Waals surface area contributed by atoms with Crippen LogP contribution in [0.25, 0.3) is 0 Å². The average molecular weight is 282 g/mol. The number of esters is 1. The van der Waals surface area contributed by atoms with Crippen molar-refractivity contribution in [3.63, 3.8) is 0 Å². The molecule has 3 atom stereocenters. The molecule has 0 saturated carbocycles. The number of hydrogen-bond donors (Lipinski definition) is 1. The van der Waals surface area contributed by atoms with Gasteiger partial charge in [-0.1, -0.05) is 13.8 Å². The number of fused-ring (bicyclic) bond motifs is 2. The normalized spacial score (nSPS) is 27.9. The van der Waals surface area contributed by atoms with Crippen molar-refractivity contribution in [2.45, 2.75) is 52.1 Å². The summed E-state index contributed by atoms with van der Waals surface area (Å²) >= 11 is 0. The van der Waals surface area contributed by atoms with Crippen LogP contribution >= 0.6 is 0 Å². The lowest BCUT2D eigenvalue weighted by Crippen LogP contribution is -2.45. The Morgan fingerprint density at radius 1 is 1.35 bits per heavy atom.